The van der Waals surface area contributed by atoms with Crippen molar-refractivity contribution in [2.75, 3.05) is 0 Å². The fraction of sp³-hybridized carbons (Fsp3) is 0.0667. The molecule has 0 bridgehead atoms. The van der Waals surface area contributed by atoms with Gasteiger partial charge in [0.15, 0.2) is 5.16 Å². The summed E-state index contributed by atoms with van der Waals surface area (Å²) in [6.45, 7) is 1.95. The molecule has 3 rings (SSSR count). The fourth-order valence-corrected chi connectivity index (χ4v) is 2.78. The van der Waals surface area contributed by atoms with Gasteiger partial charge in [-0.25, -0.2) is 13.8 Å². The number of imidazole rings is 1. The van der Waals surface area contributed by atoms with Crippen LogP contribution in [0.2, 0.25) is 0 Å². The van der Waals surface area contributed by atoms with Gasteiger partial charge >= 0.3 is 0 Å². The predicted molar refractivity (Wildman–Crippen MR) is 76.0 cm³/mol. The number of benzene rings is 2. The number of halogens is 2. The lowest BCUT2D eigenvalue weighted by atomic mass is 10.2. The first-order valence-electron chi connectivity index (χ1n) is 6.10. The summed E-state index contributed by atoms with van der Waals surface area (Å²) in [6, 6.07) is 9.41. The predicted octanol–water partition coefficient (Wildman–Crippen LogP) is 4.17. The molecule has 21 heavy (non-hydrogen) atoms. The number of nitrogens with one attached hydrogen (secondary N) is 1. The van der Waals surface area contributed by atoms with Crippen LogP contribution in [0.1, 0.15) is 11.1 Å². The Morgan fingerprint density at radius 3 is 2.57 bits per heavy atom. The molecule has 104 valence electrons. The Kier molecular flexibility index (Phi) is 3.35. The maximum atomic E-state index is 13.8. The van der Waals surface area contributed by atoms with Gasteiger partial charge in [0.05, 0.1) is 27.6 Å². The Balaban J connectivity index is 2.01. The molecule has 0 unspecified atom stereocenters. The third kappa shape index (κ3) is 2.60. The molecule has 1 N–H and O–H groups in total. The van der Waals surface area contributed by atoms with Crippen LogP contribution < -0.4 is 0 Å². The van der Waals surface area contributed by atoms with Crippen molar-refractivity contribution in [3.8, 4) is 6.07 Å². The maximum Gasteiger partial charge on any atom is 0.171 e. The number of nitriles is 1. The molecule has 0 atom stereocenters. The first kappa shape index (κ1) is 13.6. The minimum Gasteiger partial charge on any atom is -0.333 e. The zero-order valence-corrected chi connectivity index (χ0v) is 11.8. The molecule has 0 fully saturated rings. The van der Waals surface area contributed by atoms with Gasteiger partial charge in [0.2, 0.25) is 0 Å². The molecule has 1 aromatic heterocycles. The Morgan fingerprint density at radius 1 is 1.19 bits per heavy atom. The summed E-state index contributed by atoms with van der Waals surface area (Å²) in [4.78, 5) is 7.13. The zero-order chi connectivity index (χ0) is 15.0. The average molecular weight is 301 g/mol. The second-order valence-corrected chi connectivity index (χ2v) is 5.54. The standard InChI is InChI=1S/C15H9F2N3S/c1-8-2-3-12-13(4-8)20-15(19-12)21-14-10(16)5-9(7-18)6-11(14)17/h2-6H,1H3,(H,19,20). The summed E-state index contributed by atoms with van der Waals surface area (Å²) in [5.41, 5.74) is 2.57. The van der Waals surface area contributed by atoms with Crippen LogP contribution in [0.4, 0.5) is 8.78 Å². The molecule has 2 aromatic carbocycles. The van der Waals surface area contributed by atoms with Crippen molar-refractivity contribution < 1.29 is 8.78 Å². The minimum atomic E-state index is -0.770. The molecular formula is C15H9F2N3S. The highest BCUT2D eigenvalue weighted by Gasteiger charge is 2.15. The van der Waals surface area contributed by atoms with Crippen molar-refractivity contribution in [1.29, 1.82) is 5.26 Å². The zero-order valence-electron chi connectivity index (χ0n) is 10.9. The van der Waals surface area contributed by atoms with Crippen LogP contribution in [0.15, 0.2) is 40.4 Å². The number of nitrogens with zero attached hydrogens (tertiary/aromatic N) is 2. The maximum absolute atomic E-state index is 13.8. The second-order valence-electron chi connectivity index (χ2n) is 4.55. The number of hydrogen-bond donors (Lipinski definition) is 1. The van der Waals surface area contributed by atoms with Crippen LogP contribution in [0.25, 0.3) is 11.0 Å². The van der Waals surface area contributed by atoms with Crippen molar-refractivity contribution in [1.82, 2.24) is 9.97 Å². The van der Waals surface area contributed by atoms with Crippen LogP contribution in [0, 0.1) is 29.9 Å². The molecule has 0 saturated heterocycles. The molecule has 0 aliphatic carbocycles. The van der Waals surface area contributed by atoms with Crippen molar-refractivity contribution in [3.63, 3.8) is 0 Å². The summed E-state index contributed by atoms with van der Waals surface area (Å²) in [5, 5.41) is 9.08. The van der Waals surface area contributed by atoms with E-state index in [0.717, 1.165) is 40.5 Å². The third-order valence-electron chi connectivity index (χ3n) is 2.94. The monoisotopic (exact) mass is 301 g/mol. The molecular weight excluding hydrogens is 292 g/mol. The number of aromatic nitrogens is 2. The lowest BCUT2D eigenvalue weighted by Gasteiger charge is -2.02. The van der Waals surface area contributed by atoms with Gasteiger partial charge < -0.3 is 4.98 Å². The van der Waals surface area contributed by atoms with E-state index in [1.165, 1.54) is 0 Å². The van der Waals surface area contributed by atoms with Gasteiger partial charge in [0, 0.05) is 0 Å². The van der Waals surface area contributed by atoms with E-state index < -0.39 is 11.6 Å². The third-order valence-corrected chi connectivity index (χ3v) is 3.92. The van der Waals surface area contributed by atoms with Crippen molar-refractivity contribution >= 4 is 22.8 Å². The summed E-state index contributed by atoms with van der Waals surface area (Å²) in [5.74, 6) is -1.54. The number of rotatable bonds is 2. The molecule has 6 heteroatoms. The van der Waals surface area contributed by atoms with Crippen molar-refractivity contribution in [2.45, 2.75) is 17.0 Å². The smallest absolute Gasteiger partial charge is 0.171 e. The first-order valence-corrected chi connectivity index (χ1v) is 6.92. The van der Waals surface area contributed by atoms with Gasteiger partial charge in [-0.1, -0.05) is 6.07 Å². The highest BCUT2D eigenvalue weighted by atomic mass is 32.2. The topological polar surface area (TPSA) is 52.5 Å². The van der Waals surface area contributed by atoms with E-state index in [-0.39, 0.29) is 10.5 Å². The van der Waals surface area contributed by atoms with E-state index >= 15 is 0 Å². The fourth-order valence-electron chi connectivity index (χ4n) is 1.97. The van der Waals surface area contributed by atoms with Gasteiger partial charge in [-0.15, -0.1) is 0 Å². The summed E-state index contributed by atoms with van der Waals surface area (Å²) >= 11 is 0.866. The normalized spacial score (nSPS) is 10.8. The Hall–Kier alpha value is -2.39. The van der Waals surface area contributed by atoms with Crippen LogP contribution in [0.5, 0.6) is 0 Å². The number of aryl methyl sites for hydroxylation is 1. The Labute approximate surface area is 123 Å². The number of aromatic amines is 1. The summed E-state index contributed by atoms with van der Waals surface area (Å²) < 4.78 is 27.7. The lowest BCUT2D eigenvalue weighted by Crippen LogP contribution is -1.90. The first-order chi connectivity index (χ1) is 10.1. The largest absolute Gasteiger partial charge is 0.333 e. The van der Waals surface area contributed by atoms with Gasteiger partial charge in [-0.05, 0) is 48.5 Å². The van der Waals surface area contributed by atoms with Gasteiger partial charge in [-0.3, -0.25) is 0 Å². The van der Waals surface area contributed by atoms with Crippen LogP contribution >= 0.6 is 11.8 Å². The van der Waals surface area contributed by atoms with E-state index in [2.05, 4.69) is 9.97 Å². The van der Waals surface area contributed by atoms with Crippen LogP contribution in [0.3, 0.4) is 0 Å². The van der Waals surface area contributed by atoms with E-state index in [4.69, 9.17) is 5.26 Å². The summed E-state index contributed by atoms with van der Waals surface area (Å²) in [6.07, 6.45) is 0. The van der Waals surface area contributed by atoms with Crippen molar-refractivity contribution in [2.24, 2.45) is 0 Å². The molecule has 0 amide bonds. The summed E-state index contributed by atoms with van der Waals surface area (Å²) in [7, 11) is 0. The van der Waals surface area contributed by atoms with Gasteiger partial charge in [0.25, 0.3) is 0 Å². The SMILES string of the molecule is Cc1ccc2nc(Sc3c(F)cc(C#N)cc3F)[nH]c2c1. The molecule has 3 nitrogen and oxygen atoms in total. The molecule has 3 aromatic rings. The van der Waals surface area contributed by atoms with Crippen LogP contribution in [-0.4, -0.2) is 9.97 Å². The number of fused-ring (bicyclic) bond motifs is 1. The highest BCUT2D eigenvalue weighted by molar-refractivity contribution is 7.99. The Morgan fingerprint density at radius 2 is 1.90 bits per heavy atom. The average Bonchev–Trinajstić information content (AvgIpc) is 2.84. The van der Waals surface area contributed by atoms with E-state index in [9.17, 15) is 8.78 Å². The molecule has 0 aliphatic rings. The molecule has 0 spiro atoms. The highest BCUT2D eigenvalue weighted by Crippen LogP contribution is 2.32. The Bertz CT molecular complexity index is 857. The van der Waals surface area contributed by atoms with Crippen LogP contribution in [-0.2, 0) is 0 Å². The number of H-pyrrole nitrogens is 1. The van der Waals surface area contributed by atoms with E-state index in [1.807, 2.05) is 25.1 Å². The van der Waals surface area contributed by atoms with E-state index in [1.54, 1.807) is 6.07 Å². The van der Waals surface area contributed by atoms with Crippen molar-refractivity contribution in [3.05, 3.63) is 53.1 Å². The minimum absolute atomic E-state index is 0.0467. The van der Waals surface area contributed by atoms with Gasteiger partial charge in [0.1, 0.15) is 11.6 Å². The quantitative estimate of drug-likeness (QED) is 0.772. The van der Waals surface area contributed by atoms with E-state index in [0.29, 0.717) is 5.16 Å². The number of hydrogen-bond acceptors (Lipinski definition) is 3. The molecule has 1 heterocycles. The lowest BCUT2D eigenvalue weighted by molar-refractivity contribution is 0.539. The van der Waals surface area contributed by atoms with Gasteiger partial charge in [-0.2, -0.15) is 5.26 Å². The molecule has 0 saturated carbocycles. The second kappa shape index (κ2) is 5.19. The molecule has 0 aliphatic heterocycles. The molecule has 0 radical (unpaired) electrons.